The van der Waals surface area contributed by atoms with E-state index >= 15 is 0 Å². The van der Waals surface area contributed by atoms with Gasteiger partial charge >= 0.3 is 6.03 Å². The van der Waals surface area contributed by atoms with Crippen LogP contribution in [0.15, 0.2) is 48.5 Å². The molecular weight excluding hydrogens is 456 g/mol. The van der Waals surface area contributed by atoms with Gasteiger partial charge in [0.25, 0.3) is 11.8 Å². The third kappa shape index (κ3) is 4.15. The topological polar surface area (TPSA) is 94.7 Å². The molecule has 1 aromatic heterocycles. The molecule has 0 saturated carbocycles. The molecule has 2 atom stereocenters. The molecule has 36 heavy (non-hydrogen) atoms. The number of carbonyl (C=O) groups is 3. The van der Waals surface area contributed by atoms with Gasteiger partial charge in [-0.3, -0.25) is 9.59 Å². The number of carbonyl (C=O) groups excluding carboxylic acids is 3. The summed E-state index contributed by atoms with van der Waals surface area (Å²) in [6, 6.07) is 13.5. The Bertz CT molecular complexity index is 1300. The van der Waals surface area contributed by atoms with Gasteiger partial charge in [0.05, 0.1) is 17.3 Å². The van der Waals surface area contributed by atoms with E-state index in [4.69, 9.17) is 4.74 Å². The smallest absolute Gasteiger partial charge is 0.332 e. The summed E-state index contributed by atoms with van der Waals surface area (Å²) >= 11 is 0. The lowest BCUT2D eigenvalue weighted by molar-refractivity contribution is -0.120. The second-order valence-corrected chi connectivity index (χ2v) is 9.41. The van der Waals surface area contributed by atoms with Crippen molar-refractivity contribution in [3.05, 3.63) is 65.4 Å². The quantitative estimate of drug-likeness (QED) is 0.341. The number of nitrogens with zero attached hydrogens (tertiary/aromatic N) is 2. The first-order valence-corrected chi connectivity index (χ1v) is 12.7. The van der Waals surface area contributed by atoms with E-state index in [1.54, 1.807) is 29.2 Å². The first-order chi connectivity index (χ1) is 17.5. The largest absolute Gasteiger partial charge is 0.381 e. The van der Waals surface area contributed by atoms with Crippen LogP contribution in [-0.2, 0) is 16.0 Å². The first-order valence-electron chi connectivity index (χ1n) is 12.7. The number of H-pyrrole nitrogens is 1. The Morgan fingerprint density at radius 1 is 1.08 bits per heavy atom. The molecule has 2 aliphatic rings. The summed E-state index contributed by atoms with van der Waals surface area (Å²) in [7, 11) is 0. The van der Waals surface area contributed by atoms with E-state index in [-0.39, 0.29) is 17.9 Å². The molecule has 8 heteroatoms. The highest BCUT2D eigenvalue weighted by Crippen LogP contribution is 2.42. The highest BCUT2D eigenvalue weighted by Gasteiger charge is 2.52. The number of nitrogens with one attached hydrogen (secondary N) is 2. The molecule has 0 spiro atoms. The number of aromatic amines is 1. The second-order valence-electron chi connectivity index (χ2n) is 9.41. The Morgan fingerprint density at radius 3 is 2.67 bits per heavy atom. The van der Waals surface area contributed by atoms with Gasteiger partial charge in [0.15, 0.2) is 0 Å². The Kier molecular flexibility index (Phi) is 6.78. The van der Waals surface area contributed by atoms with E-state index in [2.05, 4.69) is 17.2 Å². The summed E-state index contributed by atoms with van der Waals surface area (Å²) in [5, 5.41) is 3.98. The molecule has 2 N–H and O–H groups in total. The normalized spacial score (nSPS) is 19.1. The molecule has 2 aromatic carbocycles. The number of anilines is 1. The Balaban J connectivity index is 1.34. The zero-order valence-corrected chi connectivity index (χ0v) is 20.8. The van der Waals surface area contributed by atoms with Crippen molar-refractivity contribution in [1.29, 1.82) is 0 Å². The van der Waals surface area contributed by atoms with Crippen LogP contribution in [0.25, 0.3) is 10.9 Å². The number of aromatic nitrogens is 1. The third-order valence-corrected chi connectivity index (χ3v) is 7.12. The number of rotatable bonds is 9. The lowest BCUT2D eigenvalue weighted by Crippen LogP contribution is -2.42. The van der Waals surface area contributed by atoms with E-state index in [9.17, 15) is 14.4 Å². The van der Waals surface area contributed by atoms with Crippen molar-refractivity contribution in [2.24, 2.45) is 0 Å². The Labute approximate surface area is 210 Å². The molecule has 0 aliphatic carbocycles. The number of hydrogen-bond donors (Lipinski definition) is 2. The molecule has 188 valence electrons. The maximum absolute atomic E-state index is 13.6. The van der Waals surface area contributed by atoms with Crippen LogP contribution in [0.2, 0.25) is 0 Å². The third-order valence-electron chi connectivity index (χ3n) is 7.12. The van der Waals surface area contributed by atoms with Crippen LogP contribution in [0.4, 0.5) is 10.5 Å². The molecule has 1 fully saturated rings. The fraction of sp³-hybridized carbons (Fsp3) is 0.393. The molecule has 0 bridgehead atoms. The fourth-order valence-corrected chi connectivity index (χ4v) is 5.26. The van der Waals surface area contributed by atoms with Crippen LogP contribution < -0.4 is 10.2 Å². The highest BCUT2D eigenvalue weighted by atomic mass is 16.5. The molecule has 8 nitrogen and oxygen atoms in total. The van der Waals surface area contributed by atoms with E-state index in [1.807, 2.05) is 31.2 Å². The zero-order valence-electron chi connectivity index (χ0n) is 20.8. The monoisotopic (exact) mass is 488 g/mol. The zero-order chi connectivity index (χ0) is 25.2. The van der Waals surface area contributed by atoms with Gasteiger partial charge in [-0.05, 0) is 43.5 Å². The summed E-state index contributed by atoms with van der Waals surface area (Å²) < 4.78 is 5.55. The van der Waals surface area contributed by atoms with Crippen LogP contribution in [0.5, 0.6) is 0 Å². The van der Waals surface area contributed by atoms with Gasteiger partial charge in [0, 0.05) is 42.8 Å². The van der Waals surface area contributed by atoms with Crippen molar-refractivity contribution in [3.8, 4) is 0 Å². The highest BCUT2D eigenvalue weighted by molar-refractivity contribution is 6.24. The number of para-hydroxylation sites is 2. The van der Waals surface area contributed by atoms with Crippen molar-refractivity contribution in [1.82, 2.24) is 15.2 Å². The maximum atomic E-state index is 13.6. The molecule has 3 aromatic rings. The van der Waals surface area contributed by atoms with E-state index in [0.29, 0.717) is 37.2 Å². The maximum Gasteiger partial charge on any atom is 0.332 e. The SMILES string of the molecule is CCCCOCCCNC(=O)c1ccccc1N1C(=O)C2Cc3c([nH]c4ccccc34)C(C)N2C1=O. The molecule has 3 heterocycles. The second kappa shape index (κ2) is 10.1. The molecule has 2 aliphatic heterocycles. The summed E-state index contributed by atoms with van der Waals surface area (Å²) in [5.41, 5.74) is 3.67. The number of hydrogen-bond acceptors (Lipinski definition) is 4. The number of imide groups is 1. The minimum absolute atomic E-state index is 0.290. The van der Waals surface area contributed by atoms with Crippen molar-refractivity contribution in [2.45, 2.75) is 51.6 Å². The van der Waals surface area contributed by atoms with Gasteiger partial charge in [0.2, 0.25) is 0 Å². The van der Waals surface area contributed by atoms with Crippen LogP contribution in [0.1, 0.15) is 60.8 Å². The van der Waals surface area contributed by atoms with Crippen molar-refractivity contribution in [2.75, 3.05) is 24.7 Å². The number of amides is 4. The predicted octanol–water partition coefficient (Wildman–Crippen LogP) is 4.56. The summed E-state index contributed by atoms with van der Waals surface area (Å²) in [4.78, 5) is 46.5. The van der Waals surface area contributed by atoms with Gasteiger partial charge in [0.1, 0.15) is 6.04 Å². The lowest BCUT2D eigenvalue weighted by atomic mass is 9.93. The number of unbranched alkanes of at least 4 members (excludes halogenated alkanes) is 1. The van der Waals surface area contributed by atoms with Gasteiger partial charge < -0.3 is 19.9 Å². The predicted molar refractivity (Wildman–Crippen MR) is 138 cm³/mol. The minimum atomic E-state index is -0.601. The number of ether oxygens (including phenoxy) is 1. The summed E-state index contributed by atoms with van der Waals surface area (Å²) in [6.45, 7) is 5.81. The average Bonchev–Trinajstić information content (AvgIpc) is 3.39. The summed E-state index contributed by atoms with van der Waals surface area (Å²) in [5.74, 6) is -0.610. The Morgan fingerprint density at radius 2 is 1.83 bits per heavy atom. The van der Waals surface area contributed by atoms with Crippen LogP contribution >= 0.6 is 0 Å². The standard InChI is InChI=1S/C28H32N4O4/c1-3-4-15-36-16-9-14-29-26(33)20-11-6-8-13-23(20)32-27(34)24-17-21-19-10-5-7-12-22(19)30-25(21)18(2)31(24)28(32)35/h5-8,10-13,18,24,30H,3-4,9,14-17H2,1-2H3,(H,29,33). The van der Waals surface area contributed by atoms with E-state index in [0.717, 1.165) is 41.6 Å². The van der Waals surface area contributed by atoms with Gasteiger partial charge in [-0.2, -0.15) is 0 Å². The minimum Gasteiger partial charge on any atom is -0.381 e. The van der Waals surface area contributed by atoms with Crippen molar-refractivity contribution >= 4 is 34.4 Å². The lowest BCUT2D eigenvalue weighted by Gasteiger charge is -2.33. The molecule has 2 unspecified atom stereocenters. The fourth-order valence-electron chi connectivity index (χ4n) is 5.26. The molecule has 0 radical (unpaired) electrons. The van der Waals surface area contributed by atoms with Crippen molar-refractivity contribution in [3.63, 3.8) is 0 Å². The molecule has 1 saturated heterocycles. The first kappa shape index (κ1) is 24.1. The molecule has 4 amide bonds. The number of benzene rings is 2. The van der Waals surface area contributed by atoms with E-state index in [1.165, 1.54) is 4.90 Å². The molecule has 5 rings (SSSR count). The van der Waals surface area contributed by atoms with Gasteiger partial charge in [-0.25, -0.2) is 9.69 Å². The summed E-state index contributed by atoms with van der Waals surface area (Å²) in [6.07, 6.45) is 3.24. The van der Waals surface area contributed by atoms with Gasteiger partial charge in [-0.15, -0.1) is 0 Å². The average molecular weight is 489 g/mol. The number of urea groups is 1. The van der Waals surface area contributed by atoms with Crippen molar-refractivity contribution < 1.29 is 19.1 Å². The van der Waals surface area contributed by atoms with Crippen LogP contribution in [0.3, 0.4) is 0 Å². The molecular formula is C28H32N4O4. The van der Waals surface area contributed by atoms with Crippen LogP contribution in [0, 0.1) is 0 Å². The van der Waals surface area contributed by atoms with Gasteiger partial charge in [-0.1, -0.05) is 43.7 Å². The van der Waals surface area contributed by atoms with Crippen LogP contribution in [-0.4, -0.2) is 53.5 Å². The van der Waals surface area contributed by atoms with E-state index < -0.39 is 12.1 Å². The Hall–Kier alpha value is -3.65. The number of fused-ring (bicyclic) bond motifs is 4.